The van der Waals surface area contributed by atoms with Crippen molar-refractivity contribution in [2.75, 3.05) is 11.5 Å². The van der Waals surface area contributed by atoms with Crippen LogP contribution in [0.25, 0.3) is 0 Å². The van der Waals surface area contributed by atoms with Crippen LogP contribution in [-0.4, -0.2) is 48.3 Å². The standard InChI is InChI=1S/C18H22BNO6/c1-10-15-14(9-21)24-16(22)20(15)12-7-6-11(8-13(12)23-10)19-25-17(2,3)18(4,5)26-19/h6-8,14-15,21H,1,9H2,2-5H3. The zero-order valence-corrected chi connectivity index (χ0v) is 15.3. The summed E-state index contributed by atoms with van der Waals surface area (Å²) < 4.78 is 23.2. The molecule has 3 aliphatic heterocycles. The Labute approximate surface area is 152 Å². The van der Waals surface area contributed by atoms with Crippen molar-refractivity contribution < 1.29 is 28.7 Å². The maximum absolute atomic E-state index is 12.2. The number of amides is 1. The largest absolute Gasteiger partial charge is 0.494 e. The Morgan fingerprint density at radius 2 is 1.88 bits per heavy atom. The number of anilines is 1. The second-order valence-electron chi connectivity index (χ2n) is 7.80. The van der Waals surface area contributed by atoms with Crippen molar-refractivity contribution in [3.8, 4) is 5.75 Å². The maximum Gasteiger partial charge on any atom is 0.494 e. The van der Waals surface area contributed by atoms with E-state index in [4.69, 9.17) is 18.8 Å². The first-order chi connectivity index (χ1) is 12.1. The van der Waals surface area contributed by atoms with Crippen molar-refractivity contribution in [3.05, 3.63) is 30.5 Å². The molecule has 1 N–H and O–H groups in total. The number of cyclic esters (lactones) is 1. The van der Waals surface area contributed by atoms with Gasteiger partial charge in [0.2, 0.25) is 0 Å². The first-order valence-electron chi connectivity index (χ1n) is 8.61. The SMILES string of the molecule is C=C1Oc2cc(B3OC(C)(C)C(C)(C)O3)ccc2N2C(=O)OC(CO)C12. The molecule has 4 rings (SSSR count). The summed E-state index contributed by atoms with van der Waals surface area (Å²) in [5.41, 5.74) is 0.468. The Morgan fingerprint density at radius 3 is 2.50 bits per heavy atom. The van der Waals surface area contributed by atoms with Crippen LogP contribution in [0, 0.1) is 0 Å². The van der Waals surface area contributed by atoms with Gasteiger partial charge in [-0.3, -0.25) is 4.90 Å². The van der Waals surface area contributed by atoms with E-state index in [9.17, 15) is 9.90 Å². The molecule has 0 aromatic heterocycles. The van der Waals surface area contributed by atoms with Crippen LogP contribution >= 0.6 is 0 Å². The van der Waals surface area contributed by atoms with Crippen molar-refractivity contribution in [3.63, 3.8) is 0 Å². The lowest BCUT2D eigenvalue weighted by Gasteiger charge is -2.32. The van der Waals surface area contributed by atoms with Crippen LogP contribution in [0.4, 0.5) is 10.5 Å². The van der Waals surface area contributed by atoms with Crippen LogP contribution in [0.3, 0.4) is 0 Å². The Hall–Kier alpha value is -2.03. The quantitative estimate of drug-likeness (QED) is 0.808. The number of nitrogens with zero attached hydrogens (tertiary/aromatic N) is 1. The van der Waals surface area contributed by atoms with Crippen LogP contribution in [-0.2, 0) is 14.0 Å². The molecule has 3 heterocycles. The average Bonchev–Trinajstić information content (AvgIpc) is 3.01. The summed E-state index contributed by atoms with van der Waals surface area (Å²) in [6.07, 6.45) is -1.21. The van der Waals surface area contributed by atoms with Gasteiger partial charge in [-0.2, -0.15) is 0 Å². The molecule has 2 atom stereocenters. The fraction of sp³-hybridized carbons (Fsp3) is 0.500. The minimum atomic E-state index is -0.689. The predicted octanol–water partition coefficient (Wildman–Crippen LogP) is 1.58. The minimum Gasteiger partial charge on any atom is -0.458 e. The van der Waals surface area contributed by atoms with Gasteiger partial charge < -0.3 is 23.9 Å². The van der Waals surface area contributed by atoms with Crippen LogP contribution < -0.4 is 15.1 Å². The van der Waals surface area contributed by atoms with E-state index in [1.54, 1.807) is 12.1 Å². The highest BCUT2D eigenvalue weighted by atomic mass is 16.7. The van der Waals surface area contributed by atoms with Gasteiger partial charge in [0.05, 0.1) is 23.5 Å². The van der Waals surface area contributed by atoms with E-state index in [0.29, 0.717) is 17.2 Å². The van der Waals surface area contributed by atoms with Gasteiger partial charge in [-0.15, -0.1) is 0 Å². The summed E-state index contributed by atoms with van der Waals surface area (Å²) >= 11 is 0. The lowest BCUT2D eigenvalue weighted by atomic mass is 9.78. The molecule has 8 heteroatoms. The molecule has 0 aliphatic carbocycles. The fourth-order valence-electron chi connectivity index (χ4n) is 3.41. The highest BCUT2D eigenvalue weighted by molar-refractivity contribution is 6.62. The Bertz CT molecular complexity index is 776. The molecule has 26 heavy (non-hydrogen) atoms. The topological polar surface area (TPSA) is 77.5 Å². The van der Waals surface area contributed by atoms with E-state index in [1.165, 1.54) is 4.90 Å². The molecule has 0 spiro atoms. The molecule has 3 aliphatic rings. The van der Waals surface area contributed by atoms with E-state index in [0.717, 1.165) is 5.46 Å². The summed E-state index contributed by atoms with van der Waals surface area (Å²) in [7, 11) is -0.532. The Balaban J connectivity index is 1.68. The number of aliphatic hydroxyl groups excluding tert-OH is 1. The van der Waals surface area contributed by atoms with E-state index in [2.05, 4.69) is 6.58 Å². The lowest BCUT2D eigenvalue weighted by molar-refractivity contribution is 0.00578. The smallest absolute Gasteiger partial charge is 0.458 e. The normalized spacial score (nSPS) is 28.5. The van der Waals surface area contributed by atoms with Gasteiger partial charge in [-0.25, -0.2) is 4.79 Å². The summed E-state index contributed by atoms with van der Waals surface area (Å²) in [6, 6.07) is 4.87. The highest BCUT2D eigenvalue weighted by Gasteiger charge is 2.53. The molecule has 0 saturated carbocycles. The molecule has 2 fully saturated rings. The second kappa shape index (κ2) is 5.48. The van der Waals surface area contributed by atoms with Crippen LogP contribution in [0.1, 0.15) is 27.7 Å². The Morgan fingerprint density at radius 1 is 1.23 bits per heavy atom. The first kappa shape index (κ1) is 17.4. The van der Waals surface area contributed by atoms with E-state index in [-0.39, 0.29) is 6.61 Å². The van der Waals surface area contributed by atoms with Gasteiger partial charge >= 0.3 is 13.2 Å². The first-order valence-corrected chi connectivity index (χ1v) is 8.61. The maximum atomic E-state index is 12.2. The summed E-state index contributed by atoms with van der Waals surface area (Å²) in [6.45, 7) is 11.6. The third kappa shape index (κ3) is 2.36. The van der Waals surface area contributed by atoms with Crippen molar-refractivity contribution >= 4 is 24.4 Å². The molecule has 0 bridgehead atoms. The number of ether oxygens (including phenoxy) is 2. The van der Waals surface area contributed by atoms with Gasteiger partial charge in [0.25, 0.3) is 0 Å². The van der Waals surface area contributed by atoms with E-state index in [1.807, 2.05) is 33.8 Å². The van der Waals surface area contributed by atoms with Gasteiger partial charge in [0, 0.05) is 0 Å². The third-order valence-electron chi connectivity index (χ3n) is 5.60. The lowest BCUT2D eigenvalue weighted by Crippen LogP contribution is -2.44. The molecular weight excluding hydrogens is 337 g/mol. The average molecular weight is 359 g/mol. The van der Waals surface area contributed by atoms with Gasteiger partial charge in [0.1, 0.15) is 11.8 Å². The number of carbonyl (C=O) groups is 1. The molecule has 1 aromatic carbocycles. The number of benzene rings is 1. The molecule has 2 unspecified atom stereocenters. The number of hydrogen-bond acceptors (Lipinski definition) is 6. The number of rotatable bonds is 2. The summed E-state index contributed by atoms with van der Waals surface area (Å²) in [5, 5.41) is 9.44. The van der Waals surface area contributed by atoms with E-state index >= 15 is 0 Å². The molecule has 1 amide bonds. The molecule has 1 aromatic rings. The minimum absolute atomic E-state index is 0.295. The van der Waals surface area contributed by atoms with Crippen LogP contribution in [0.15, 0.2) is 30.5 Å². The third-order valence-corrected chi connectivity index (χ3v) is 5.60. The molecule has 7 nitrogen and oxygen atoms in total. The molecule has 138 valence electrons. The number of carbonyl (C=O) groups excluding carboxylic acids is 1. The van der Waals surface area contributed by atoms with Gasteiger partial charge in [-0.1, -0.05) is 12.6 Å². The molecule has 2 saturated heterocycles. The predicted molar refractivity (Wildman–Crippen MR) is 95.5 cm³/mol. The van der Waals surface area contributed by atoms with Crippen LogP contribution in [0.2, 0.25) is 0 Å². The second-order valence-corrected chi connectivity index (χ2v) is 7.80. The molecule has 0 radical (unpaired) electrons. The molecular formula is C18H22BNO6. The summed E-state index contributed by atoms with van der Waals surface area (Å²) in [4.78, 5) is 13.7. The van der Waals surface area contributed by atoms with Crippen molar-refractivity contribution in [2.24, 2.45) is 0 Å². The van der Waals surface area contributed by atoms with Crippen molar-refractivity contribution in [1.82, 2.24) is 0 Å². The summed E-state index contributed by atoms with van der Waals surface area (Å²) in [5.74, 6) is 0.836. The fourth-order valence-corrected chi connectivity index (χ4v) is 3.41. The highest BCUT2D eigenvalue weighted by Crippen LogP contribution is 2.42. The van der Waals surface area contributed by atoms with Gasteiger partial charge in [0.15, 0.2) is 11.9 Å². The van der Waals surface area contributed by atoms with Crippen molar-refractivity contribution in [2.45, 2.75) is 51.0 Å². The monoisotopic (exact) mass is 359 g/mol. The van der Waals surface area contributed by atoms with Gasteiger partial charge in [-0.05, 0) is 45.3 Å². The number of fused-ring (bicyclic) bond motifs is 3. The van der Waals surface area contributed by atoms with Crippen LogP contribution in [0.5, 0.6) is 5.75 Å². The zero-order chi connectivity index (χ0) is 18.9. The number of hydrogen-bond donors (Lipinski definition) is 1. The zero-order valence-electron chi connectivity index (χ0n) is 15.3. The van der Waals surface area contributed by atoms with E-state index < -0.39 is 36.6 Å². The van der Waals surface area contributed by atoms with Crippen molar-refractivity contribution in [1.29, 1.82) is 0 Å². The Kier molecular flexibility index (Phi) is 3.67. The number of aliphatic hydroxyl groups is 1.